The maximum atomic E-state index is 11.1. The molecule has 0 bridgehead atoms. The number of amides is 1. The Morgan fingerprint density at radius 3 is 2.20 bits per heavy atom. The molecule has 0 aromatic heterocycles. The molecule has 20 heavy (non-hydrogen) atoms. The number of rotatable bonds is 8. The van der Waals surface area contributed by atoms with E-state index in [1.807, 2.05) is 0 Å². The average Bonchev–Trinajstić information content (AvgIpc) is 2.45. The molecule has 1 amide bonds. The van der Waals surface area contributed by atoms with Gasteiger partial charge in [0.05, 0.1) is 21.3 Å². The molecule has 0 aliphatic rings. The van der Waals surface area contributed by atoms with Crippen molar-refractivity contribution in [3.05, 3.63) is 17.7 Å². The highest BCUT2D eigenvalue weighted by Crippen LogP contribution is 2.35. The summed E-state index contributed by atoms with van der Waals surface area (Å²) in [5.74, 6) is 0.261. The van der Waals surface area contributed by atoms with Gasteiger partial charge in [0.25, 0.3) is 0 Å². The van der Waals surface area contributed by atoms with Crippen molar-refractivity contribution in [3.8, 4) is 17.2 Å². The number of carboxylic acid groups (broad SMARTS) is 1. The first-order chi connectivity index (χ1) is 9.57. The van der Waals surface area contributed by atoms with Crippen LogP contribution in [0.1, 0.15) is 5.56 Å². The van der Waals surface area contributed by atoms with Crippen LogP contribution in [0, 0.1) is 0 Å². The quantitative estimate of drug-likeness (QED) is 0.673. The van der Waals surface area contributed by atoms with Gasteiger partial charge in [-0.25, -0.2) is 4.79 Å². The second-order valence-electron chi connectivity index (χ2n) is 3.90. The number of nitrogens with one attached hydrogen (secondary N) is 1. The Labute approximate surface area is 116 Å². The van der Waals surface area contributed by atoms with Gasteiger partial charge in [-0.3, -0.25) is 4.79 Å². The number of benzene rings is 1. The maximum Gasteiger partial charge on any atom is 0.326 e. The third kappa shape index (κ3) is 3.53. The number of ether oxygens (including phenoxy) is 3. The number of methoxy groups -OCH3 is 3. The van der Waals surface area contributed by atoms with Gasteiger partial charge in [-0.15, -0.1) is 0 Å². The van der Waals surface area contributed by atoms with Gasteiger partial charge in [-0.05, 0) is 6.07 Å². The molecule has 1 unspecified atom stereocenters. The fourth-order valence-electron chi connectivity index (χ4n) is 1.77. The van der Waals surface area contributed by atoms with E-state index in [1.54, 1.807) is 12.1 Å². The summed E-state index contributed by atoms with van der Waals surface area (Å²) in [4.78, 5) is 21.5. The Morgan fingerprint density at radius 1 is 1.20 bits per heavy atom. The van der Waals surface area contributed by atoms with Crippen molar-refractivity contribution < 1.29 is 28.9 Å². The topological polar surface area (TPSA) is 94.1 Å². The molecule has 0 heterocycles. The number of carbonyl (C=O) groups excluding carboxylic acids is 1. The Balaban J connectivity index is 3.14. The molecule has 0 fully saturated rings. The first kappa shape index (κ1) is 15.6. The molecule has 0 spiro atoms. The van der Waals surface area contributed by atoms with Crippen LogP contribution >= 0.6 is 0 Å². The highest BCUT2D eigenvalue weighted by Gasteiger charge is 2.21. The van der Waals surface area contributed by atoms with Crippen LogP contribution in [-0.4, -0.2) is 44.9 Å². The third-order valence-electron chi connectivity index (χ3n) is 2.78. The Kier molecular flexibility index (Phi) is 5.64. The Bertz CT molecular complexity index is 488. The molecule has 0 saturated heterocycles. The van der Waals surface area contributed by atoms with Crippen molar-refractivity contribution in [3.63, 3.8) is 0 Å². The summed E-state index contributed by atoms with van der Waals surface area (Å²) in [7, 11) is 4.44. The molecule has 1 aromatic carbocycles. The van der Waals surface area contributed by atoms with Crippen LogP contribution in [0.15, 0.2) is 12.1 Å². The Morgan fingerprint density at radius 2 is 1.75 bits per heavy atom. The average molecular weight is 283 g/mol. The zero-order chi connectivity index (χ0) is 15.1. The van der Waals surface area contributed by atoms with Crippen LogP contribution in [0.4, 0.5) is 0 Å². The summed E-state index contributed by atoms with van der Waals surface area (Å²) >= 11 is 0. The number of carbonyl (C=O) groups is 2. The lowest BCUT2D eigenvalue weighted by atomic mass is 10.0. The van der Waals surface area contributed by atoms with E-state index in [0.717, 1.165) is 0 Å². The minimum Gasteiger partial charge on any atom is -0.496 e. The summed E-state index contributed by atoms with van der Waals surface area (Å²) in [6, 6.07) is 2.19. The standard InChI is InChI=1S/C13H17NO6/c1-18-10-6-12(20-3)11(19-2)5-8(10)4-9(13(16)17)14-7-15/h5-7,9H,4H2,1-3H3,(H,14,15)(H,16,17). The minimum atomic E-state index is -1.13. The third-order valence-corrected chi connectivity index (χ3v) is 2.78. The van der Waals surface area contributed by atoms with Gasteiger partial charge in [0.2, 0.25) is 6.41 Å². The van der Waals surface area contributed by atoms with E-state index in [-0.39, 0.29) is 6.42 Å². The number of hydrogen-bond acceptors (Lipinski definition) is 5. The molecular weight excluding hydrogens is 266 g/mol. The molecule has 1 atom stereocenters. The lowest BCUT2D eigenvalue weighted by molar-refractivity contribution is -0.140. The lowest BCUT2D eigenvalue weighted by Gasteiger charge is -2.16. The molecule has 1 aromatic rings. The SMILES string of the molecule is COc1cc(OC)c(OC)cc1CC(NC=O)C(=O)O. The van der Waals surface area contributed by atoms with Gasteiger partial charge < -0.3 is 24.6 Å². The van der Waals surface area contributed by atoms with Crippen LogP contribution in [0.3, 0.4) is 0 Å². The molecule has 7 nitrogen and oxygen atoms in total. The highest BCUT2D eigenvalue weighted by atomic mass is 16.5. The smallest absolute Gasteiger partial charge is 0.326 e. The van der Waals surface area contributed by atoms with E-state index in [2.05, 4.69) is 5.32 Å². The highest BCUT2D eigenvalue weighted by molar-refractivity contribution is 5.76. The van der Waals surface area contributed by atoms with Gasteiger partial charge >= 0.3 is 5.97 Å². The van der Waals surface area contributed by atoms with Crippen LogP contribution in [0.5, 0.6) is 17.2 Å². The zero-order valence-electron chi connectivity index (χ0n) is 11.5. The van der Waals surface area contributed by atoms with Gasteiger partial charge in [-0.2, -0.15) is 0 Å². The second-order valence-corrected chi connectivity index (χ2v) is 3.90. The van der Waals surface area contributed by atoms with Crippen LogP contribution in [-0.2, 0) is 16.0 Å². The summed E-state index contributed by atoms with van der Waals surface area (Å²) in [5, 5.41) is 11.3. The minimum absolute atomic E-state index is 0.0671. The van der Waals surface area contributed by atoms with Crippen molar-refractivity contribution in [1.29, 1.82) is 0 Å². The normalized spacial score (nSPS) is 11.3. The van der Waals surface area contributed by atoms with Crippen LogP contribution in [0.2, 0.25) is 0 Å². The van der Waals surface area contributed by atoms with E-state index in [9.17, 15) is 9.59 Å². The second kappa shape index (κ2) is 7.22. The van der Waals surface area contributed by atoms with Crippen LogP contribution in [0.25, 0.3) is 0 Å². The number of hydrogen-bond donors (Lipinski definition) is 2. The summed E-state index contributed by atoms with van der Waals surface area (Å²) in [6.45, 7) is 0. The predicted octanol–water partition coefficient (Wildman–Crippen LogP) is 0.454. The number of aliphatic carboxylic acids is 1. The van der Waals surface area contributed by atoms with Gasteiger partial charge in [-0.1, -0.05) is 0 Å². The van der Waals surface area contributed by atoms with E-state index < -0.39 is 12.0 Å². The molecule has 0 radical (unpaired) electrons. The fraction of sp³-hybridized carbons (Fsp3) is 0.385. The first-order valence-corrected chi connectivity index (χ1v) is 5.78. The van der Waals surface area contributed by atoms with E-state index in [1.165, 1.54) is 21.3 Å². The van der Waals surface area contributed by atoms with Crippen LogP contribution < -0.4 is 19.5 Å². The Hall–Kier alpha value is -2.44. The monoisotopic (exact) mass is 283 g/mol. The molecule has 0 saturated carbocycles. The lowest BCUT2D eigenvalue weighted by Crippen LogP contribution is -2.37. The van der Waals surface area contributed by atoms with Crippen molar-refractivity contribution >= 4 is 12.4 Å². The van der Waals surface area contributed by atoms with Crippen molar-refractivity contribution in [1.82, 2.24) is 5.32 Å². The van der Waals surface area contributed by atoms with Gasteiger partial charge in [0.1, 0.15) is 11.8 Å². The van der Waals surface area contributed by atoms with Crippen molar-refractivity contribution in [2.45, 2.75) is 12.5 Å². The van der Waals surface area contributed by atoms with E-state index >= 15 is 0 Å². The zero-order valence-corrected chi connectivity index (χ0v) is 11.5. The molecule has 2 N–H and O–H groups in total. The molecule has 7 heteroatoms. The molecule has 0 aliphatic heterocycles. The molecule has 0 aliphatic carbocycles. The fourth-order valence-corrected chi connectivity index (χ4v) is 1.77. The van der Waals surface area contributed by atoms with Gasteiger partial charge in [0, 0.05) is 18.1 Å². The molecular formula is C13H17NO6. The van der Waals surface area contributed by atoms with Crippen molar-refractivity contribution in [2.24, 2.45) is 0 Å². The molecule has 110 valence electrons. The summed E-state index contributed by atoms with van der Waals surface area (Å²) in [6.07, 6.45) is 0.420. The number of carboxylic acids is 1. The van der Waals surface area contributed by atoms with E-state index in [0.29, 0.717) is 29.2 Å². The molecule has 1 rings (SSSR count). The maximum absolute atomic E-state index is 11.1. The van der Waals surface area contributed by atoms with Gasteiger partial charge in [0.15, 0.2) is 11.5 Å². The summed E-state index contributed by atoms with van der Waals surface area (Å²) < 4.78 is 15.5. The largest absolute Gasteiger partial charge is 0.496 e. The van der Waals surface area contributed by atoms with Crippen molar-refractivity contribution in [2.75, 3.05) is 21.3 Å². The predicted molar refractivity (Wildman–Crippen MR) is 70.4 cm³/mol. The summed E-state index contributed by atoms with van der Waals surface area (Å²) in [5.41, 5.74) is 0.590. The van der Waals surface area contributed by atoms with E-state index in [4.69, 9.17) is 19.3 Å². The first-order valence-electron chi connectivity index (χ1n) is 5.78.